The van der Waals surface area contributed by atoms with Crippen molar-refractivity contribution in [3.05, 3.63) is 11.1 Å². The van der Waals surface area contributed by atoms with Crippen LogP contribution in [0.15, 0.2) is 11.1 Å². The minimum Gasteiger partial charge on any atom is -0.0738 e. The second kappa shape index (κ2) is 4.31. The molecule has 0 nitrogen and oxygen atoms in total. The molecule has 15 heavy (non-hydrogen) atoms. The van der Waals surface area contributed by atoms with E-state index in [1.807, 2.05) is 5.57 Å². The molecular weight excluding hydrogens is 180 g/mol. The number of fused-ring (bicyclic) bond motifs is 1. The summed E-state index contributed by atoms with van der Waals surface area (Å²) in [6, 6.07) is 0. The largest absolute Gasteiger partial charge is 0.0738 e. The van der Waals surface area contributed by atoms with Gasteiger partial charge in [0.25, 0.3) is 0 Å². The Balaban J connectivity index is 2.19. The van der Waals surface area contributed by atoms with Gasteiger partial charge in [0, 0.05) is 0 Å². The molecule has 0 aromatic heterocycles. The van der Waals surface area contributed by atoms with Crippen LogP contribution in [-0.4, -0.2) is 0 Å². The summed E-state index contributed by atoms with van der Waals surface area (Å²) in [5, 5.41) is 0. The Hall–Kier alpha value is -0.260. The standard InChI is InChI=1S/C15H26/c1-10(2)13-7-5-11(3)14-8-6-12(4)15(14)9-13/h10-11,13-14H,5-9H2,1-4H3/t11-,13+,14-/m1/s1. The van der Waals surface area contributed by atoms with Crippen molar-refractivity contribution >= 4 is 0 Å². The van der Waals surface area contributed by atoms with Gasteiger partial charge in [0.15, 0.2) is 0 Å². The molecule has 0 heteroatoms. The molecule has 86 valence electrons. The van der Waals surface area contributed by atoms with Crippen LogP contribution in [0.5, 0.6) is 0 Å². The van der Waals surface area contributed by atoms with Crippen molar-refractivity contribution < 1.29 is 0 Å². The summed E-state index contributed by atoms with van der Waals surface area (Å²) >= 11 is 0. The molecule has 0 amide bonds. The number of hydrogen-bond acceptors (Lipinski definition) is 0. The van der Waals surface area contributed by atoms with Gasteiger partial charge in [0.2, 0.25) is 0 Å². The van der Waals surface area contributed by atoms with Gasteiger partial charge in [-0.2, -0.15) is 0 Å². The van der Waals surface area contributed by atoms with Gasteiger partial charge in [-0.1, -0.05) is 31.9 Å². The zero-order valence-corrected chi connectivity index (χ0v) is 10.8. The van der Waals surface area contributed by atoms with Crippen LogP contribution < -0.4 is 0 Å². The normalized spacial score (nSPS) is 37.0. The first kappa shape index (κ1) is 11.2. The second-order valence-corrected chi connectivity index (χ2v) is 6.21. The van der Waals surface area contributed by atoms with E-state index in [2.05, 4.69) is 27.7 Å². The van der Waals surface area contributed by atoms with E-state index < -0.39 is 0 Å². The minimum atomic E-state index is 0.872. The Morgan fingerprint density at radius 2 is 1.87 bits per heavy atom. The number of allylic oxidation sites excluding steroid dienone is 2. The number of hydrogen-bond donors (Lipinski definition) is 0. The molecule has 0 saturated heterocycles. The van der Waals surface area contributed by atoms with Crippen molar-refractivity contribution in [2.75, 3.05) is 0 Å². The molecule has 0 bridgehead atoms. The zero-order chi connectivity index (χ0) is 11.0. The Morgan fingerprint density at radius 1 is 1.13 bits per heavy atom. The highest BCUT2D eigenvalue weighted by Crippen LogP contribution is 2.46. The minimum absolute atomic E-state index is 0.872. The summed E-state index contributed by atoms with van der Waals surface area (Å²) in [7, 11) is 0. The van der Waals surface area contributed by atoms with Gasteiger partial charge >= 0.3 is 0 Å². The lowest BCUT2D eigenvalue weighted by Gasteiger charge is -2.20. The average molecular weight is 206 g/mol. The Labute approximate surface area is 95.1 Å². The molecule has 3 atom stereocenters. The van der Waals surface area contributed by atoms with Gasteiger partial charge in [-0.05, 0) is 62.7 Å². The highest BCUT2D eigenvalue weighted by atomic mass is 14.4. The van der Waals surface area contributed by atoms with E-state index in [4.69, 9.17) is 0 Å². The fraction of sp³-hybridized carbons (Fsp3) is 0.867. The van der Waals surface area contributed by atoms with Crippen molar-refractivity contribution in [3.63, 3.8) is 0 Å². The summed E-state index contributed by atoms with van der Waals surface area (Å²) in [5.74, 6) is 3.73. The van der Waals surface area contributed by atoms with Crippen molar-refractivity contribution in [1.82, 2.24) is 0 Å². The molecular formula is C15H26. The van der Waals surface area contributed by atoms with Gasteiger partial charge in [0.1, 0.15) is 0 Å². The monoisotopic (exact) mass is 206 g/mol. The lowest BCUT2D eigenvalue weighted by atomic mass is 9.85. The zero-order valence-electron chi connectivity index (χ0n) is 10.8. The maximum Gasteiger partial charge on any atom is -0.0172 e. The van der Waals surface area contributed by atoms with E-state index >= 15 is 0 Å². The maximum atomic E-state index is 2.48. The van der Waals surface area contributed by atoms with Crippen LogP contribution in [0.2, 0.25) is 0 Å². The van der Waals surface area contributed by atoms with Crippen LogP contribution in [0.4, 0.5) is 0 Å². The SMILES string of the molecule is CC1=C2C[C@@H](C(C)C)CC[C@@H](C)[C@H]2CC1. The topological polar surface area (TPSA) is 0 Å². The Bertz CT molecular complexity index is 259. The second-order valence-electron chi connectivity index (χ2n) is 6.21. The maximum absolute atomic E-state index is 2.48. The van der Waals surface area contributed by atoms with Gasteiger partial charge < -0.3 is 0 Å². The van der Waals surface area contributed by atoms with E-state index in [9.17, 15) is 0 Å². The average Bonchev–Trinajstić information content (AvgIpc) is 2.43. The van der Waals surface area contributed by atoms with Gasteiger partial charge in [-0.15, -0.1) is 0 Å². The highest BCUT2D eigenvalue weighted by Gasteiger charge is 2.33. The fourth-order valence-electron chi connectivity index (χ4n) is 3.61. The molecule has 0 N–H and O–H groups in total. The molecule has 2 aliphatic rings. The van der Waals surface area contributed by atoms with Gasteiger partial charge in [-0.3, -0.25) is 0 Å². The van der Waals surface area contributed by atoms with Gasteiger partial charge in [-0.25, -0.2) is 0 Å². The lowest BCUT2D eigenvalue weighted by Crippen LogP contribution is -2.09. The molecule has 0 heterocycles. The van der Waals surface area contributed by atoms with Crippen LogP contribution >= 0.6 is 0 Å². The molecule has 0 spiro atoms. The Kier molecular flexibility index (Phi) is 3.23. The van der Waals surface area contributed by atoms with Gasteiger partial charge in [0.05, 0.1) is 0 Å². The van der Waals surface area contributed by atoms with E-state index in [0.29, 0.717) is 0 Å². The van der Waals surface area contributed by atoms with Crippen molar-refractivity contribution in [1.29, 1.82) is 0 Å². The van der Waals surface area contributed by atoms with Crippen molar-refractivity contribution in [2.45, 2.75) is 59.8 Å². The molecule has 2 aliphatic carbocycles. The van der Waals surface area contributed by atoms with E-state index in [0.717, 1.165) is 23.7 Å². The van der Waals surface area contributed by atoms with E-state index in [1.165, 1.54) is 32.1 Å². The smallest absolute Gasteiger partial charge is 0.0172 e. The summed E-state index contributed by atoms with van der Waals surface area (Å²) < 4.78 is 0. The molecule has 0 radical (unpaired) electrons. The number of rotatable bonds is 1. The molecule has 0 aliphatic heterocycles. The quantitative estimate of drug-likeness (QED) is 0.540. The van der Waals surface area contributed by atoms with Crippen LogP contribution in [0.1, 0.15) is 59.8 Å². The van der Waals surface area contributed by atoms with Crippen LogP contribution in [0, 0.1) is 23.7 Å². The summed E-state index contributed by atoms with van der Waals surface area (Å²) in [5.41, 5.74) is 3.60. The first-order chi connectivity index (χ1) is 7.09. The highest BCUT2D eigenvalue weighted by molar-refractivity contribution is 5.23. The van der Waals surface area contributed by atoms with Crippen LogP contribution in [0.25, 0.3) is 0 Å². The Morgan fingerprint density at radius 3 is 2.53 bits per heavy atom. The molecule has 0 aromatic carbocycles. The predicted molar refractivity (Wildman–Crippen MR) is 66.8 cm³/mol. The van der Waals surface area contributed by atoms with Crippen molar-refractivity contribution in [3.8, 4) is 0 Å². The summed E-state index contributed by atoms with van der Waals surface area (Å²) in [6.07, 6.45) is 7.18. The predicted octanol–water partition coefficient (Wildman–Crippen LogP) is 4.81. The summed E-state index contributed by atoms with van der Waals surface area (Å²) in [6.45, 7) is 9.66. The van der Waals surface area contributed by atoms with E-state index in [-0.39, 0.29) is 0 Å². The first-order valence-corrected chi connectivity index (χ1v) is 6.78. The fourth-order valence-corrected chi connectivity index (χ4v) is 3.61. The molecule has 0 aromatic rings. The molecule has 1 fully saturated rings. The first-order valence-electron chi connectivity index (χ1n) is 6.78. The molecule has 1 saturated carbocycles. The molecule has 2 rings (SSSR count). The third kappa shape index (κ3) is 2.14. The van der Waals surface area contributed by atoms with E-state index in [1.54, 1.807) is 5.57 Å². The van der Waals surface area contributed by atoms with Crippen LogP contribution in [-0.2, 0) is 0 Å². The third-order valence-corrected chi connectivity index (χ3v) is 4.93. The lowest BCUT2D eigenvalue weighted by molar-refractivity contribution is 0.337. The molecule has 0 unspecified atom stereocenters. The summed E-state index contributed by atoms with van der Waals surface area (Å²) in [4.78, 5) is 0. The van der Waals surface area contributed by atoms with Crippen molar-refractivity contribution in [2.24, 2.45) is 23.7 Å². The third-order valence-electron chi connectivity index (χ3n) is 4.93. The van der Waals surface area contributed by atoms with Crippen LogP contribution in [0.3, 0.4) is 0 Å².